The Bertz CT molecular complexity index is 277. The van der Waals surface area contributed by atoms with Crippen LogP contribution in [0.25, 0.3) is 0 Å². The van der Waals surface area contributed by atoms with Crippen molar-refractivity contribution < 1.29 is 14.3 Å². The van der Waals surface area contributed by atoms with Crippen molar-refractivity contribution in [1.82, 2.24) is 5.32 Å². The molecule has 1 atom stereocenters. The van der Waals surface area contributed by atoms with Crippen LogP contribution >= 0.6 is 0 Å². The second kappa shape index (κ2) is 9.35. The lowest BCUT2D eigenvalue weighted by molar-refractivity contribution is -0.148. The lowest BCUT2D eigenvalue weighted by atomic mass is 9.90. The molecule has 1 aliphatic carbocycles. The predicted molar refractivity (Wildman–Crippen MR) is 80.7 cm³/mol. The highest BCUT2D eigenvalue weighted by Gasteiger charge is 2.32. The molecule has 1 fully saturated rings. The van der Waals surface area contributed by atoms with Gasteiger partial charge in [0.15, 0.2) is 0 Å². The number of hydrogen-bond donors (Lipinski definition) is 1. The van der Waals surface area contributed by atoms with Crippen molar-refractivity contribution in [2.24, 2.45) is 5.92 Å². The molecule has 0 radical (unpaired) electrons. The minimum Gasteiger partial charge on any atom is -0.468 e. The normalized spacial score (nSPS) is 19.6. The van der Waals surface area contributed by atoms with Crippen LogP contribution in [-0.4, -0.2) is 38.4 Å². The van der Waals surface area contributed by atoms with Gasteiger partial charge in [-0.1, -0.05) is 26.2 Å². The van der Waals surface area contributed by atoms with Gasteiger partial charge in [-0.2, -0.15) is 0 Å². The van der Waals surface area contributed by atoms with E-state index >= 15 is 0 Å². The Morgan fingerprint density at radius 3 is 2.60 bits per heavy atom. The fourth-order valence-corrected chi connectivity index (χ4v) is 3.01. The Hall–Kier alpha value is -0.610. The van der Waals surface area contributed by atoms with Gasteiger partial charge in [-0.05, 0) is 45.1 Å². The van der Waals surface area contributed by atoms with Crippen LogP contribution in [0.3, 0.4) is 0 Å². The van der Waals surface area contributed by atoms with E-state index in [1.54, 1.807) is 0 Å². The van der Waals surface area contributed by atoms with E-state index in [2.05, 4.69) is 5.32 Å². The summed E-state index contributed by atoms with van der Waals surface area (Å²) in [6.07, 6.45) is 8.36. The molecule has 0 saturated heterocycles. The van der Waals surface area contributed by atoms with Crippen LogP contribution < -0.4 is 5.32 Å². The fraction of sp³-hybridized carbons (Fsp3) is 0.938. The van der Waals surface area contributed by atoms with Gasteiger partial charge in [-0.15, -0.1) is 0 Å². The van der Waals surface area contributed by atoms with Crippen molar-refractivity contribution in [1.29, 1.82) is 0 Å². The van der Waals surface area contributed by atoms with Crippen LogP contribution in [0.15, 0.2) is 0 Å². The van der Waals surface area contributed by atoms with Gasteiger partial charge in [0, 0.05) is 13.2 Å². The molecule has 1 unspecified atom stereocenters. The fourth-order valence-electron chi connectivity index (χ4n) is 3.01. The van der Waals surface area contributed by atoms with Crippen LogP contribution in [0.1, 0.15) is 58.8 Å². The Morgan fingerprint density at radius 1 is 1.30 bits per heavy atom. The van der Waals surface area contributed by atoms with E-state index < -0.39 is 5.54 Å². The van der Waals surface area contributed by atoms with Gasteiger partial charge in [-0.25, -0.2) is 0 Å². The van der Waals surface area contributed by atoms with E-state index in [1.165, 1.54) is 39.2 Å². The maximum atomic E-state index is 11.8. The molecule has 1 aliphatic rings. The van der Waals surface area contributed by atoms with Crippen LogP contribution in [0, 0.1) is 5.92 Å². The highest BCUT2D eigenvalue weighted by atomic mass is 16.5. The zero-order valence-corrected chi connectivity index (χ0v) is 13.4. The maximum absolute atomic E-state index is 11.8. The predicted octanol–water partition coefficient (Wildman–Crippen LogP) is 2.90. The molecule has 4 nitrogen and oxygen atoms in total. The molecule has 0 amide bonds. The molecule has 0 heterocycles. The second-order valence-electron chi connectivity index (χ2n) is 6.04. The first kappa shape index (κ1) is 17.4. The van der Waals surface area contributed by atoms with Crippen molar-refractivity contribution >= 4 is 5.97 Å². The molecule has 0 spiro atoms. The summed E-state index contributed by atoms with van der Waals surface area (Å²) in [5.41, 5.74) is -0.586. The number of likely N-dealkylation sites (N-methyl/N-ethyl adjacent to an activating group) is 1. The summed E-state index contributed by atoms with van der Waals surface area (Å²) >= 11 is 0. The van der Waals surface area contributed by atoms with Gasteiger partial charge in [-0.3, -0.25) is 4.79 Å². The monoisotopic (exact) mass is 285 g/mol. The number of carbonyl (C=O) groups is 1. The molecule has 0 aromatic rings. The third-order valence-electron chi connectivity index (χ3n) is 4.25. The van der Waals surface area contributed by atoms with Crippen molar-refractivity contribution in [3.63, 3.8) is 0 Å². The van der Waals surface area contributed by atoms with Crippen LogP contribution in [-0.2, 0) is 14.3 Å². The molecule has 20 heavy (non-hydrogen) atoms. The van der Waals surface area contributed by atoms with E-state index in [0.717, 1.165) is 38.5 Å². The van der Waals surface area contributed by atoms with E-state index in [4.69, 9.17) is 9.47 Å². The zero-order valence-electron chi connectivity index (χ0n) is 13.4. The van der Waals surface area contributed by atoms with Gasteiger partial charge in [0.05, 0.1) is 7.11 Å². The van der Waals surface area contributed by atoms with Crippen molar-refractivity contribution in [2.75, 3.05) is 26.9 Å². The number of methoxy groups -OCH3 is 1. The Labute approximate surface area is 123 Å². The quantitative estimate of drug-likeness (QED) is 0.523. The molecule has 0 aliphatic heterocycles. The summed E-state index contributed by atoms with van der Waals surface area (Å²) < 4.78 is 10.7. The van der Waals surface area contributed by atoms with Crippen molar-refractivity contribution in [3.05, 3.63) is 0 Å². The van der Waals surface area contributed by atoms with Gasteiger partial charge in [0.1, 0.15) is 5.54 Å². The number of rotatable bonds is 9. The summed E-state index contributed by atoms with van der Waals surface area (Å²) in [6, 6.07) is 0. The summed E-state index contributed by atoms with van der Waals surface area (Å²) in [4.78, 5) is 11.8. The molecular weight excluding hydrogens is 254 g/mol. The van der Waals surface area contributed by atoms with Gasteiger partial charge >= 0.3 is 5.97 Å². The molecular formula is C16H31NO3. The molecule has 1 saturated carbocycles. The summed E-state index contributed by atoms with van der Waals surface area (Å²) in [7, 11) is 1.44. The summed E-state index contributed by atoms with van der Waals surface area (Å²) in [5.74, 6) is 0.566. The van der Waals surface area contributed by atoms with E-state index in [9.17, 15) is 4.79 Å². The lowest BCUT2D eigenvalue weighted by Crippen LogP contribution is -2.50. The van der Waals surface area contributed by atoms with E-state index in [-0.39, 0.29) is 5.97 Å². The smallest absolute Gasteiger partial charge is 0.325 e. The SMILES string of the molecule is CCNC(C)(CCCOCC1CCCCC1)C(=O)OC. The van der Waals surface area contributed by atoms with Gasteiger partial charge < -0.3 is 14.8 Å². The number of hydrogen-bond acceptors (Lipinski definition) is 4. The molecule has 0 aromatic heterocycles. The van der Waals surface area contributed by atoms with Crippen LogP contribution in [0.4, 0.5) is 0 Å². The number of esters is 1. The number of nitrogens with one attached hydrogen (secondary N) is 1. The average Bonchev–Trinajstić information content (AvgIpc) is 2.47. The van der Waals surface area contributed by atoms with Crippen molar-refractivity contribution in [3.8, 4) is 0 Å². The van der Waals surface area contributed by atoms with Crippen molar-refractivity contribution in [2.45, 2.75) is 64.3 Å². The van der Waals surface area contributed by atoms with E-state index in [1.807, 2.05) is 13.8 Å². The first-order valence-electron chi connectivity index (χ1n) is 8.03. The maximum Gasteiger partial charge on any atom is 0.325 e. The number of ether oxygens (including phenoxy) is 2. The Kier molecular flexibility index (Phi) is 8.15. The standard InChI is InChI=1S/C16H31NO3/c1-4-17-16(2,15(18)19-3)11-8-12-20-13-14-9-6-5-7-10-14/h14,17H,4-13H2,1-3H3. The minimum atomic E-state index is -0.586. The average molecular weight is 285 g/mol. The highest BCUT2D eigenvalue weighted by molar-refractivity contribution is 5.80. The topological polar surface area (TPSA) is 47.6 Å². The van der Waals surface area contributed by atoms with Gasteiger partial charge in [0.2, 0.25) is 0 Å². The first-order chi connectivity index (χ1) is 9.62. The lowest BCUT2D eigenvalue weighted by Gasteiger charge is -2.27. The molecule has 4 heteroatoms. The molecule has 0 bridgehead atoms. The zero-order chi connectivity index (χ0) is 14.8. The summed E-state index contributed by atoms with van der Waals surface area (Å²) in [5, 5.41) is 3.22. The largest absolute Gasteiger partial charge is 0.468 e. The van der Waals surface area contributed by atoms with Crippen LogP contribution in [0.2, 0.25) is 0 Å². The molecule has 0 aromatic carbocycles. The minimum absolute atomic E-state index is 0.188. The molecule has 118 valence electrons. The third kappa shape index (κ3) is 5.80. The second-order valence-corrected chi connectivity index (χ2v) is 6.04. The Balaban J connectivity index is 2.18. The summed E-state index contributed by atoms with van der Waals surface area (Å²) in [6.45, 7) is 6.28. The van der Waals surface area contributed by atoms with Gasteiger partial charge in [0.25, 0.3) is 0 Å². The highest BCUT2D eigenvalue weighted by Crippen LogP contribution is 2.23. The Morgan fingerprint density at radius 2 is 2.00 bits per heavy atom. The number of carbonyl (C=O) groups excluding carboxylic acids is 1. The first-order valence-corrected chi connectivity index (χ1v) is 8.03. The van der Waals surface area contributed by atoms with Crippen LogP contribution in [0.5, 0.6) is 0 Å². The van der Waals surface area contributed by atoms with E-state index in [0.29, 0.717) is 0 Å². The third-order valence-corrected chi connectivity index (χ3v) is 4.25. The molecule has 1 N–H and O–H groups in total. The molecule has 1 rings (SSSR count).